The number of nitrogens with zero attached hydrogens (tertiary/aromatic N) is 2. The van der Waals surface area contributed by atoms with Crippen molar-refractivity contribution in [1.29, 1.82) is 0 Å². The first-order valence-electron chi connectivity index (χ1n) is 6.77. The van der Waals surface area contributed by atoms with Gasteiger partial charge in [-0.3, -0.25) is 0 Å². The van der Waals surface area contributed by atoms with Gasteiger partial charge in [-0.1, -0.05) is 0 Å². The van der Waals surface area contributed by atoms with Gasteiger partial charge in [-0.25, -0.2) is 16.8 Å². The van der Waals surface area contributed by atoms with E-state index < -0.39 is 19.9 Å². The van der Waals surface area contributed by atoms with Gasteiger partial charge < -0.3 is 9.88 Å². The highest BCUT2D eigenvalue weighted by Crippen LogP contribution is 2.20. The third kappa shape index (κ3) is 3.65. The maximum Gasteiger partial charge on any atom is 0.244 e. The van der Waals surface area contributed by atoms with Crippen molar-refractivity contribution in [2.45, 2.75) is 17.9 Å². The Morgan fingerprint density at radius 3 is 2.67 bits per heavy atom. The highest BCUT2D eigenvalue weighted by atomic mass is 32.2. The Labute approximate surface area is 125 Å². The molecular weight excluding hydrogens is 314 g/mol. The fourth-order valence-electron chi connectivity index (χ4n) is 2.38. The molecule has 1 aromatic heterocycles. The van der Waals surface area contributed by atoms with Crippen LogP contribution in [0.15, 0.2) is 17.2 Å². The minimum atomic E-state index is -3.64. The molecule has 1 N–H and O–H groups in total. The molecule has 1 saturated heterocycles. The van der Waals surface area contributed by atoms with Gasteiger partial charge in [-0.15, -0.1) is 0 Å². The van der Waals surface area contributed by atoms with Crippen LogP contribution < -0.4 is 5.32 Å². The van der Waals surface area contributed by atoms with E-state index in [0.717, 1.165) is 5.69 Å². The summed E-state index contributed by atoms with van der Waals surface area (Å²) >= 11 is 0. The lowest BCUT2D eigenvalue weighted by molar-refractivity contribution is 0.434. The molecule has 7 nitrogen and oxygen atoms in total. The highest BCUT2D eigenvalue weighted by molar-refractivity contribution is 7.91. The van der Waals surface area contributed by atoms with Crippen LogP contribution in [0.1, 0.15) is 12.1 Å². The number of rotatable bonds is 4. The lowest BCUT2D eigenvalue weighted by atomic mass is 10.4. The summed E-state index contributed by atoms with van der Waals surface area (Å²) < 4.78 is 51.5. The summed E-state index contributed by atoms with van der Waals surface area (Å²) in [6.07, 6.45) is 1.92. The molecule has 21 heavy (non-hydrogen) atoms. The Bertz CT molecular complexity index is 707. The van der Waals surface area contributed by atoms with E-state index >= 15 is 0 Å². The number of aromatic nitrogens is 1. The Morgan fingerprint density at radius 2 is 2.00 bits per heavy atom. The molecule has 120 valence electrons. The van der Waals surface area contributed by atoms with Gasteiger partial charge in [0.25, 0.3) is 0 Å². The highest BCUT2D eigenvalue weighted by Gasteiger charge is 2.30. The van der Waals surface area contributed by atoms with Crippen LogP contribution in [0.4, 0.5) is 0 Å². The van der Waals surface area contributed by atoms with Crippen molar-refractivity contribution < 1.29 is 16.8 Å². The van der Waals surface area contributed by atoms with Gasteiger partial charge in [-0.2, -0.15) is 4.31 Å². The lowest BCUT2D eigenvalue weighted by Gasteiger charge is -2.18. The molecule has 0 aliphatic carbocycles. The van der Waals surface area contributed by atoms with Gasteiger partial charge in [0.1, 0.15) is 4.90 Å². The van der Waals surface area contributed by atoms with Crippen LogP contribution in [0.5, 0.6) is 0 Å². The summed E-state index contributed by atoms with van der Waals surface area (Å²) in [5.74, 6) is -0.0543. The molecule has 1 aliphatic rings. The summed E-state index contributed by atoms with van der Waals surface area (Å²) in [6.45, 7) is 0.846. The standard InChI is InChI=1S/C12H21N3O4S2/c1-13-9-11-8-12(10-14(11)2)21(18,19)15-4-3-6-20(16,17)7-5-15/h8,10,13H,3-7,9H2,1-2H3. The molecule has 1 aliphatic heterocycles. The first-order chi connectivity index (χ1) is 9.76. The van der Waals surface area contributed by atoms with Crippen molar-refractivity contribution in [1.82, 2.24) is 14.2 Å². The molecule has 1 fully saturated rings. The number of sulfonamides is 1. The van der Waals surface area contributed by atoms with Gasteiger partial charge in [-0.05, 0) is 19.5 Å². The molecule has 0 unspecified atom stereocenters. The van der Waals surface area contributed by atoms with Crippen molar-refractivity contribution in [2.24, 2.45) is 7.05 Å². The summed E-state index contributed by atoms with van der Waals surface area (Å²) in [5.41, 5.74) is 0.860. The molecule has 0 spiro atoms. The second kappa shape index (κ2) is 6.07. The quantitative estimate of drug-likeness (QED) is 0.805. The molecule has 0 amide bonds. The zero-order chi connectivity index (χ0) is 15.7. The van der Waals surface area contributed by atoms with E-state index in [9.17, 15) is 16.8 Å². The van der Waals surface area contributed by atoms with Gasteiger partial charge in [0.15, 0.2) is 9.84 Å². The number of hydrogen-bond donors (Lipinski definition) is 1. The number of nitrogens with one attached hydrogen (secondary N) is 1. The molecule has 2 rings (SSSR count). The van der Waals surface area contributed by atoms with Gasteiger partial charge in [0.2, 0.25) is 10.0 Å². The van der Waals surface area contributed by atoms with E-state index in [1.807, 2.05) is 0 Å². The largest absolute Gasteiger partial charge is 0.352 e. The monoisotopic (exact) mass is 335 g/mol. The van der Waals surface area contributed by atoms with Gasteiger partial charge >= 0.3 is 0 Å². The van der Waals surface area contributed by atoms with Crippen molar-refractivity contribution in [3.8, 4) is 0 Å². The average Bonchev–Trinajstić information content (AvgIpc) is 2.65. The summed E-state index contributed by atoms with van der Waals surface area (Å²) in [6, 6.07) is 1.63. The molecule has 0 radical (unpaired) electrons. The number of hydrogen-bond acceptors (Lipinski definition) is 5. The van der Waals surface area contributed by atoms with Crippen LogP contribution in [0.25, 0.3) is 0 Å². The van der Waals surface area contributed by atoms with E-state index in [-0.39, 0.29) is 29.5 Å². The molecule has 0 saturated carbocycles. The van der Waals surface area contributed by atoms with E-state index in [2.05, 4.69) is 5.32 Å². The van der Waals surface area contributed by atoms with Crippen LogP contribution in [0.3, 0.4) is 0 Å². The first kappa shape index (κ1) is 16.5. The predicted molar refractivity (Wildman–Crippen MR) is 80.2 cm³/mol. The average molecular weight is 335 g/mol. The Morgan fingerprint density at radius 1 is 1.29 bits per heavy atom. The van der Waals surface area contributed by atoms with Crippen LogP contribution >= 0.6 is 0 Å². The minimum Gasteiger partial charge on any atom is -0.352 e. The summed E-state index contributed by atoms with van der Waals surface area (Å²) in [5, 5.41) is 2.98. The molecule has 0 bridgehead atoms. The molecule has 9 heteroatoms. The second-order valence-corrected chi connectivity index (χ2v) is 9.46. The van der Waals surface area contributed by atoms with Crippen molar-refractivity contribution in [2.75, 3.05) is 31.6 Å². The van der Waals surface area contributed by atoms with Crippen molar-refractivity contribution >= 4 is 19.9 Å². The van der Waals surface area contributed by atoms with Gasteiger partial charge in [0.05, 0.1) is 11.5 Å². The molecular formula is C12H21N3O4S2. The molecule has 0 aromatic carbocycles. The third-order valence-electron chi connectivity index (χ3n) is 3.59. The van der Waals surface area contributed by atoms with E-state index in [0.29, 0.717) is 13.0 Å². The Hall–Kier alpha value is -0.900. The van der Waals surface area contributed by atoms with E-state index in [1.165, 1.54) is 4.31 Å². The molecule has 1 aromatic rings. The fraction of sp³-hybridized carbons (Fsp3) is 0.667. The van der Waals surface area contributed by atoms with Crippen LogP contribution in [-0.4, -0.2) is 57.4 Å². The third-order valence-corrected chi connectivity index (χ3v) is 7.17. The number of aryl methyl sites for hydroxylation is 1. The normalized spacial score (nSPS) is 20.3. The number of sulfone groups is 1. The Balaban J connectivity index is 2.27. The van der Waals surface area contributed by atoms with E-state index in [4.69, 9.17) is 0 Å². The Kier molecular flexibility index (Phi) is 4.76. The van der Waals surface area contributed by atoms with Crippen molar-refractivity contribution in [3.05, 3.63) is 18.0 Å². The van der Waals surface area contributed by atoms with Crippen LogP contribution in [0, 0.1) is 0 Å². The first-order valence-corrected chi connectivity index (χ1v) is 10.0. The summed E-state index contributed by atoms with van der Waals surface area (Å²) in [4.78, 5) is 0.217. The zero-order valence-corrected chi connectivity index (χ0v) is 13.9. The minimum absolute atomic E-state index is 0.0287. The maximum atomic E-state index is 12.6. The predicted octanol–water partition coefficient (Wildman–Crippen LogP) is -0.446. The topological polar surface area (TPSA) is 88.5 Å². The SMILES string of the molecule is CNCc1cc(S(=O)(=O)N2CCCS(=O)(=O)CC2)cn1C. The smallest absolute Gasteiger partial charge is 0.244 e. The molecule has 0 atom stereocenters. The summed E-state index contributed by atoms with van der Waals surface area (Å²) in [7, 11) is -3.18. The van der Waals surface area contributed by atoms with Crippen molar-refractivity contribution in [3.63, 3.8) is 0 Å². The molecule has 2 heterocycles. The zero-order valence-electron chi connectivity index (χ0n) is 12.2. The van der Waals surface area contributed by atoms with Crippen LogP contribution in [-0.2, 0) is 33.5 Å². The fourth-order valence-corrected chi connectivity index (χ4v) is 5.34. The lowest BCUT2D eigenvalue weighted by Crippen LogP contribution is -2.33. The maximum absolute atomic E-state index is 12.6. The van der Waals surface area contributed by atoms with Gasteiger partial charge in [0, 0.05) is 38.6 Å². The van der Waals surface area contributed by atoms with Crippen LogP contribution in [0.2, 0.25) is 0 Å². The van der Waals surface area contributed by atoms with E-state index in [1.54, 1.807) is 30.9 Å². The second-order valence-electron chi connectivity index (χ2n) is 5.22.